The van der Waals surface area contributed by atoms with E-state index in [1.165, 1.54) is 34.4 Å². The molecule has 6 nitrogen and oxygen atoms in total. The SMILES string of the molecule is O=C1C(=O)N(c2ccc(Cl)c(C(=O)O)c2)[C@@H](c2cc(Br)cs2)C1=C(O)c1ccccc1. The summed E-state index contributed by atoms with van der Waals surface area (Å²) in [7, 11) is 0. The average Bonchev–Trinajstić information content (AvgIpc) is 3.29. The minimum absolute atomic E-state index is 0.00698. The van der Waals surface area contributed by atoms with Gasteiger partial charge < -0.3 is 10.2 Å². The van der Waals surface area contributed by atoms with E-state index in [2.05, 4.69) is 15.9 Å². The molecule has 1 saturated heterocycles. The number of halogens is 2. The van der Waals surface area contributed by atoms with Crippen molar-refractivity contribution in [1.29, 1.82) is 0 Å². The summed E-state index contributed by atoms with van der Waals surface area (Å²) < 4.78 is 0.750. The van der Waals surface area contributed by atoms with Crippen LogP contribution in [0.4, 0.5) is 5.69 Å². The molecule has 2 heterocycles. The molecular formula is C22H13BrClNO5S. The molecule has 1 amide bonds. The van der Waals surface area contributed by atoms with E-state index in [1.54, 1.807) is 41.8 Å². The van der Waals surface area contributed by atoms with E-state index in [9.17, 15) is 24.6 Å². The Labute approximate surface area is 194 Å². The van der Waals surface area contributed by atoms with Crippen molar-refractivity contribution >= 4 is 68.0 Å². The largest absolute Gasteiger partial charge is 0.507 e. The van der Waals surface area contributed by atoms with Gasteiger partial charge in [-0.05, 0) is 40.2 Å². The smallest absolute Gasteiger partial charge is 0.337 e. The number of benzene rings is 2. The van der Waals surface area contributed by atoms with E-state index in [1.807, 2.05) is 0 Å². The molecule has 0 bridgehead atoms. The fraction of sp³-hybridized carbons (Fsp3) is 0.0455. The first kappa shape index (κ1) is 21.3. The van der Waals surface area contributed by atoms with Gasteiger partial charge in [-0.2, -0.15) is 0 Å². The van der Waals surface area contributed by atoms with Crippen LogP contribution in [0, 0.1) is 0 Å². The third kappa shape index (κ3) is 3.78. The number of aliphatic hydroxyl groups excluding tert-OH is 1. The van der Waals surface area contributed by atoms with Gasteiger partial charge in [0.1, 0.15) is 11.8 Å². The second kappa shape index (κ2) is 8.30. The maximum absolute atomic E-state index is 13.1. The minimum atomic E-state index is -1.26. The molecule has 0 spiro atoms. The zero-order valence-corrected chi connectivity index (χ0v) is 18.7. The summed E-state index contributed by atoms with van der Waals surface area (Å²) in [5.74, 6) is -3.29. The van der Waals surface area contributed by atoms with Crippen LogP contribution in [0.2, 0.25) is 5.02 Å². The molecule has 1 aliphatic rings. The summed E-state index contributed by atoms with van der Waals surface area (Å²) in [5.41, 5.74) is 0.307. The highest BCUT2D eigenvalue weighted by Crippen LogP contribution is 2.45. The van der Waals surface area contributed by atoms with Crippen molar-refractivity contribution < 1.29 is 24.6 Å². The van der Waals surface area contributed by atoms with E-state index < -0.39 is 23.7 Å². The fourth-order valence-electron chi connectivity index (χ4n) is 3.42. The van der Waals surface area contributed by atoms with Gasteiger partial charge in [-0.25, -0.2) is 4.79 Å². The number of carbonyl (C=O) groups excluding carboxylic acids is 2. The molecular weight excluding hydrogens is 506 g/mol. The van der Waals surface area contributed by atoms with E-state index in [0.717, 1.165) is 4.47 Å². The van der Waals surface area contributed by atoms with Gasteiger partial charge in [0.05, 0.1) is 16.2 Å². The quantitative estimate of drug-likeness (QED) is 0.271. The molecule has 0 unspecified atom stereocenters. The first-order valence-corrected chi connectivity index (χ1v) is 11.0. The van der Waals surface area contributed by atoms with Crippen LogP contribution in [0.15, 0.2) is 70.0 Å². The first-order valence-electron chi connectivity index (χ1n) is 8.92. The number of aliphatic hydroxyl groups is 1. The molecule has 31 heavy (non-hydrogen) atoms. The topological polar surface area (TPSA) is 94.9 Å². The number of anilines is 1. The zero-order valence-electron chi connectivity index (χ0n) is 15.6. The molecule has 4 rings (SSSR count). The molecule has 0 saturated carbocycles. The number of ketones is 1. The van der Waals surface area contributed by atoms with Crippen molar-refractivity contribution in [2.75, 3.05) is 4.90 Å². The van der Waals surface area contributed by atoms with Crippen molar-refractivity contribution in [3.63, 3.8) is 0 Å². The Morgan fingerprint density at radius 3 is 2.39 bits per heavy atom. The number of Topliss-reactive ketones (excluding diaryl/α,β-unsaturated/α-hetero) is 1. The van der Waals surface area contributed by atoms with Gasteiger partial charge in [0.2, 0.25) is 0 Å². The second-order valence-electron chi connectivity index (χ2n) is 6.67. The van der Waals surface area contributed by atoms with Gasteiger partial charge in [0.25, 0.3) is 11.7 Å². The van der Waals surface area contributed by atoms with Gasteiger partial charge in [-0.1, -0.05) is 41.9 Å². The normalized spacial score (nSPS) is 17.9. The Balaban J connectivity index is 1.95. The van der Waals surface area contributed by atoms with Crippen molar-refractivity contribution in [2.45, 2.75) is 6.04 Å². The molecule has 1 aromatic heterocycles. The van der Waals surface area contributed by atoms with Crippen LogP contribution in [0.3, 0.4) is 0 Å². The highest BCUT2D eigenvalue weighted by molar-refractivity contribution is 9.10. The van der Waals surface area contributed by atoms with Crippen LogP contribution in [0.5, 0.6) is 0 Å². The number of carboxylic acid groups (broad SMARTS) is 1. The van der Waals surface area contributed by atoms with Crippen LogP contribution in [0.1, 0.15) is 26.8 Å². The monoisotopic (exact) mass is 517 g/mol. The number of carbonyl (C=O) groups is 3. The molecule has 2 N–H and O–H groups in total. The molecule has 3 aromatic rings. The van der Waals surface area contributed by atoms with E-state index in [-0.39, 0.29) is 27.6 Å². The lowest BCUT2D eigenvalue weighted by molar-refractivity contribution is -0.132. The lowest BCUT2D eigenvalue weighted by atomic mass is 9.99. The molecule has 0 radical (unpaired) electrons. The van der Waals surface area contributed by atoms with Crippen molar-refractivity contribution in [3.05, 3.63) is 91.0 Å². The van der Waals surface area contributed by atoms with Crippen LogP contribution < -0.4 is 4.90 Å². The summed E-state index contributed by atoms with van der Waals surface area (Å²) in [4.78, 5) is 39.4. The fourth-order valence-corrected chi connectivity index (χ4v) is 5.16. The molecule has 0 aliphatic carbocycles. The average molecular weight is 519 g/mol. The van der Waals surface area contributed by atoms with Crippen LogP contribution in [-0.2, 0) is 9.59 Å². The van der Waals surface area contributed by atoms with Crippen LogP contribution in [0.25, 0.3) is 5.76 Å². The predicted octanol–water partition coefficient (Wildman–Crippen LogP) is 5.49. The first-order chi connectivity index (χ1) is 14.8. The van der Waals surface area contributed by atoms with E-state index >= 15 is 0 Å². The summed E-state index contributed by atoms with van der Waals surface area (Å²) in [5, 5.41) is 22.2. The Bertz CT molecular complexity index is 1250. The molecule has 1 fully saturated rings. The molecule has 9 heteroatoms. The van der Waals surface area contributed by atoms with Gasteiger partial charge in [-0.15, -0.1) is 11.3 Å². The van der Waals surface area contributed by atoms with Crippen LogP contribution >= 0.6 is 38.9 Å². The summed E-state index contributed by atoms with van der Waals surface area (Å²) in [6, 6.07) is 13.3. The molecule has 2 aromatic carbocycles. The minimum Gasteiger partial charge on any atom is -0.507 e. The maximum Gasteiger partial charge on any atom is 0.337 e. The number of hydrogen-bond acceptors (Lipinski definition) is 5. The summed E-state index contributed by atoms with van der Waals surface area (Å²) in [6.45, 7) is 0. The van der Waals surface area contributed by atoms with Gasteiger partial charge in [0, 0.05) is 26.0 Å². The summed E-state index contributed by atoms with van der Waals surface area (Å²) >= 11 is 10.6. The number of hydrogen-bond donors (Lipinski definition) is 2. The number of amides is 1. The number of nitrogens with zero attached hydrogens (tertiary/aromatic N) is 1. The van der Waals surface area contributed by atoms with Crippen LogP contribution in [-0.4, -0.2) is 27.9 Å². The van der Waals surface area contributed by atoms with E-state index in [0.29, 0.717) is 10.4 Å². The molecule has 1 atom stereocenters. The third-order valence-corrected chi connectivity index (χ3v) is 6.88. The number of aromatic carboxylic acids is 1. The lowest BCUT2D eigenvalue weighted by Crippen LogP contribution is -2.29. The number of carboxylic acids is 1. The zero-order chi connectivity index (χ0) is 22.3. The second-order valence-corrected chi connectivity index (χ2v) is 8.94. The van der Waals surface area contributed by atoms with Gasteiger partial charge in [0.15, 0.2) is 0 Å². The van der Waals surface area contributed by atoms with Crippen molar-refractivity contribution in [3.8, 4) is 0 Å². The number of rotatable bonds is 4. The van der Waals surface area contributed by atoms with Crippen molar-refractivity contribution in [1.82, 2.24) is 0 Å². The molecule has 156 valence electrons. The third-order valence-electron chi connectivity index (χ3n) is 4.81. The highest BCUT2D eigenvalue weighted by Gasteiger charge is 2.47. The Hall–Kier alpha value is -2.94. The Kier molecular flexibility index (Phi) is 5.70. The predicted molar refractivity (Wildman–Crippen MR) is 122 cm³/mol. The number of thiophene rings is 1. The van der Waals surface area contributed by atoms with E-state index in [4.69, 9.17) is 11.6 Å². The lowest BCUT2D eigenvalue weighted by Gasteiger charge is -2.24. The van der Waals surface area contributed by atoms with Crippen molar-refractivity contribution in [2.24, 2.45) is 0 Å². The molecule has 1 aliphatic heterocycles. The van der Waals surface area contributed by atoms with Gasteiger partial charge >= 0.3 is 5.97 Å². The summed E-state index contributed by atoms with van der Waals surface area (Å²) in [6.07, 6.45) is 0. The standard InChI is InChI=1S/C22H13BrClNO5S/c23-12-8-16(31-10-12)18-17(19(26)11-4-2-1-3-5-11)20(27)21(28)25(18)13-6-7-15(24)14(9-13)22(29)30/h1-10,18,26H,(H,29,30)/t18-/m0/s1. The Morgan fingerprint density at radius 1 is 1.06 bits per heavy atom. The maximum atomic E-state index is 13.1. The highest BCUT2D eigenvalue weighted by atomic mass is 79.9. The van der Waals surface area contributed by atoms with Gasteiger partial charge in [-0.3, -0.25) is 14.5 Å². The Morgan fingerprint density at radius 2 is 1.77 bits per heavy atom.